The van der Waals surface area contributed by atoms with Gasteiger partial charge >= 0.3 is 0 Å². The Morgan fingerprint density at radius 1 is 1.17 bits per heavy atom. The largest absolute Gasteiger partial charge is 0.359 e. The maximum atomic E-state index is 14.4. The van der Waals surface area contributed by atoms with E-state index in [1.54, 1.807) is 0 Å². The summed E-state index contributed by atoms with van der Waals surface area (Å²) in [6.07, 6.45) is 3.59. The number of rotatable bonds is 9. The summed E-state index contributed by atoms with van der Waals surface area (Å²) in [6.45, 7) is 0.902. The van der Waals surface area contributed by atoms with Crippen LogP contribution in [0.25, 0.3) is 0 Å². The van der Waals surface area contributed by atoms with Crippen molar-refractivity contribution in [2.75, 3.05) is 13.6 Å². The molecule has 0 saturated heterocycles. The first kappa shape index (κ1) is 23.7. The van der Waals surface area contributed by atoms with Crippen LogP contribution in [0.15, 0.2) is 0 Å². The lowest BCUT2D eigenvalue weighted by Gasteiger charge is -2.22. The molecule has 1 aliphatic rings. The zero-order valence-electron chi connectivity index (χ0n) is 17.0. The van der Waals surface area contributed by atoms with Gasteiger partial charge in [-0.05, 0) is 19.8 Å². The molecule has 0 spiro atoms. The Morgan fingerprint density at radius 2 is 1.83 bits per heavy atom. The number of hydrazine groups is 1. The van der Waals surface area contributed by atoms with Gasteiger partial charge in [-0.3, -0.25) is 19.8 Å². The average Bonchev–Trinajstić information content (AvgIpc) is 2.99. The van der Waals surface area contributed by atoms with E-state index in [4.69, 9.17) is 0 Å². The third-order valence-electron chi connectivity index (χ3n) is 4.81. The third-order valence-corrected chi connectivity index (χ3v) is 6.55. The first-order chi connectivity index (χ1) is 14.2. The van der Waals surface area contributed by atoms with Gasteiger partial charge < -0.3 is 10.6 Å². The minimum atomic E-state index is -3.80. The number of hydrogen-bond acceptors (Lipinski definition) is 6. The van der Waals surface area contributed by atoms with E-state index in [0.29, 0.717) is 12.8 Å². The van der Waals surface area contributed by atoms with E-state index in [1.807, 2.05) is 10.3 Å². The molecule has 4 N–H and O–H groups in total. The van der Waals surface area contributed by atoms with Crippen LogP contribution in [0.2, 0.25) is 0 Å². The summed E-state index contributed by atoms with van der Waals surface area (Å²) in [6, 6.07) is 0. The van der Waals surface area contributed by atoms with Crippen molar-refractivity contribution in [3.63, 3.8) is 0 Å². The van der Waals surface area contributed by atoms with Gasteiger partial charge in [-0.1, -0.05) is 19.3 Å². The molecule has 168 valence electrons. The Morgan fingerprint density at radius 3 is 2.47 bits per heavy atom. The predicted molar refractivity (Wildman–Crippen MR) is 105 cm³/mol. The highest BCUT2D eigenvalue weighted by molar-refractivity contribution is 7.90. The molecular formula is C17H27FN6O5S. The van der Waals surface area contributed by atoms with Crippen LogP contribution in [0.5, 0.6) is 0 Å². The Labute approximate surface area is 174 Å². The van der Waals surface area contributed by atoms with Gasteiger partial charge in [-0.15, -0.1) is 4.83 Å². The predicted octanol–water partition coefficient (Wildman–Crippen LogP) is -0.520. The summed E-state index contributed by atoms with van der Waals surface area (Å²) in [5.41, 5.74) is 1.32. The molecule has 0 atom stereocenters. The van der Waals surface area contributed by atoms with E-state index < -0.39 is 45.1 Å². The lowest BCUT2D eigenvalue weighted by Crippen LogP contribution is -2.47. The summed E-state index contributed by atoms with van der Waals surface area (Å²) in [4.78, 5) is 37.7. The Hall–Kier alpha value is -2.54. The van der Waals surface area contributed by atoms with Gasteiger partial charge in [-0.25, -0.2) is 17.5 Å². The summed E-state index contributed by atoms with van der Waals surface area (Å²) in [7, 11) is -2.34. The number of nitrogens with zero attached hydrogens (tertiary/aromatic N) is 2. The summed E-state index contributed by atoms with van der Waals surface area (Å²) in [5.74, 6) is -2.87. The molecule has 30 heavy (non-hydrogen) atoms. The summed E-state index contributed by atoms with van der Waals surface area (Å²) in [5, 5.41) is 8.08. The van der Waals surface area contributed by atoms with Crippen molar-refractivity contribution in [2.45, 2.75) is 57.2 Å². The molecule has 1 heterocycles. The first-order valence-electron chi connectivity index (χ1n) is 9.67. The highest BCUT2D eigenvalue weighted by atomic mass is 32.2. The van der Waals surface area contributed by atoms with Crippen LogP contribution in [0.4, 0.5) is 4.39 Å². The van der Waals surface area contributed by atoms with Crippen molar-refractivity contribution in [3.05, 3.63) is 17.2 Å². The van der Waals surface area contributed by atoms with Crippen molar-refractivity contribution in [3.8, 4) is 0 Å². The molecule has 2 rings (SSSR count). The number of sulfonamides is 1. The van der Waals surface area contributed by atoms with Crippen LogP contribution in [-0.4, -0.2) is 54.8 Å². The highest BCUT2D eigenvalue weighted by Gasteiger charge is 2.29. The van der Waals surface area contributed by atoms with Gasteiger partial charge in [0.25, 0.3) is 5.91 Å². The van der Waals surface area contributed by atoms with Crippen LogP contribution in [0.3, 0.4) is 0 Å². The average molecular weight is 447 g/mol. The minimum absolute atomic E-state index is 0.0595. The van der Waals surface area contributed by atoms with Crippen LogP contribution >= 0.6 is 0 Å². The van der Waals surface area contributed by atoms with Crippen molar-refractivity contribution in [2.24, 2.45) is 0 Å². The maximum absolute atomic E-state index is 14.4. The van der Waals surface area contributed by atoms with E-state index in [0.717, 1.165) is 23.9 Å². The molecule has 0 aliphatic heterocycles. The summed E-state index contributed by atoms with van der Waals surface area (Å²) < 4.78 is 39.9. The quantitative estimate of drug-likeness (QED) is 0.375. The van der Waals surface area contributed by atoms with E-state index >= 15 is 0 Å². The second-order valence-corrected chi connectivity index (χ2v) is 9.00. The van der Waals surface area contributed by atoms with Gasteiger partial charge in [-0.2, -0.15) is 5.10 Å². The molecule has 13 heteroatoms. The Balaban J connectivity index is 2.01. The molecule has 3 amide bonds. The normalized spacial score (nSPS) is 14.9. The number of carbonyl (C=O) groups excluding carboxylic acids is 3. The van der Waals surface area contributed by atoms with Gasteiger partial charge in [0.1, 0.15) is 6.54 Å². The van der Waals surface area contributed by atoms with E-state index in [2.05, 4.69) is 15.7 Å². The van der Waals surface area contributed by atoms with Crippen molar-refractivity contribution in [1.29, 1.82) is 0 Å². The maximum Gasteiger partial charge on any atom is 0.287 e. The fourth-order valence-electron chi connectivity index (χ4n) is 3.16. The van der Waals surface area contributed by atoms with Gasteiger partial charge in [0.15, 0.2) is 11.5 Å². The van der Waals surface area contributed by atoms with Crippen LogP contribution in [0.1, 0.15) is 54.7 Å². The molecule has 1 aromatic heterocycles. The second-order valence-electron chi connectivity index (χ2n) is 7.04. The molecule has 0 radical (unpaired) electrons. The number of aromatic nitrogens is 2. The summed E-state index contributed by atoms with van der Waals surface area (Å²) >= 11 is 0. The highest BCUT2D eigenvalue weighted by Crippen LogP contribution is 2.22. The lowest BCUT2D eigenvalue weighted by atomic mass is 10.0. The number of nitrogens with one attached hydrogen (secondary N) is 4. The van der Waals surface area contributed by atoms with Crippen LogP contribution in [-0.2, 0) is 26.2 Å². The zero-order valence-corrected chi connectivity index (χ0v) is 17.8. The molecule has 1 aliphatic carbocycles. The minimum Gasteiger partial charge on any atom is -0.359 e. The monoisotopic (exact) mass is 446 g/mol. The van der Waals surface area contributed by atoms with Crippen LogP contribution in [0, 0.1) is 12.7 Å². The van der Waals surface area contributed by atoms with Crippen LogP contribution < -0.4 is 20.9 Å². The standard InChI is InChI=1S/C17H27FN6O5S/c1-11-15(18)16(24(22-11)10-14(26)20-9-8-13(25)19-2)17(27)21-23-30(28,29)12-6-4-3-5-7-12/h12,23H,3-10H2,1-2H3,(H,19,25)(H,20,26)(H,21,27). The fourth-order valence-corrected chi connectivity index (χ4v) is 4.51. The number of amides is 3. The second kappa shape index (κ2) is 10.5. The zero-order chi connectivity index (χ0) is 22.3. The SMILES string of the molecule is CNC(=O)CCNC(=O)Cn1nc(C)c(F)c1C(=O)NNS(=O)(=O)C1CCCCC1. The third kappa shape index (κ3) is 6.23. The molecule has 11 nitrogen and oxygen atoms in total. The fraction of sp³-hybridized carbons (Fsp3) is 0.647. The molecule has 1 saturated carbocycles. The van der Waals surface area contributed by atoms with Crippen molar-refractivity contribution < 1.29 is 27.2 Å². The lowest BCUT2D eigenvalue weighted by molar-refractivity contribution is -0.122. The van der Waals surface area contributed by atoms with Crippen molar-refractivity contribution >= 4 is 27.7 Å². The molecule has 1 fully saturated rings. The van der Waals surface area contributed by atoms with E-state index in [9.17, 15) is 27.2 Å². The van der Waals surface area contributed by atoms with Gasteiger partial charge in [0.05, 0.1) is 10.9 Å². The van der Waals surface area contributed by atoms with Crippen molar-refractivity contribution in [1.82, 2.24) is 30.7 Å². The Bertz CT molecular complexity index is 895. The number of hydrogen-bond donors (Lipinski definition) is 4. The van der Waals surface area contributed by atoms with Gasteiger partial charge in [0, 0.05) is 20.0 Å². The number of halogens is 1. The number of carbonyl (C=O) groups is 3. The molecule has 0 unspecified atom stereocenters. The molecular weight excluding hydrogens is 419 g/mol. The van der Waals surface area contributed by atoms with Gasteiger partial charge in [0.2, 0.25) is 21.8 Å². The molecule has 0 aromatic carbocycles. The first-order valence-corrected chi connectivity index (χ1v) is 11.2. The number of aryl methyl sites for hydroxylation is 1. The molecule has 1 aromatic rings. The topological polar surface area (TPSA) is 151 Å². The van der Waals surface area contributed by atoms with E-state index in [1.165, 1.54) is 14.0 Å². The van der Waals surface area contributed by atoms with E-state index in [-0.39, 0.29) is 24.6 Å². The smallest absolute Gasteiger partial charge is 0.287 e. The molecule has 0 bridgehead atoms. The Kier molecular flexibility index (Phi) is 8.29.